The number of thiazole rings is 1. The molecule has 2 aromatic rings. The summed E-state index contributed by atoms with van der Waals surface area (Å²) in [7, 11) is 0. The molecule has 0 bridgehead atoms. The number of hydrogen-bond donors (Lipinski definition) is 1. The number of halogens is 1. The smallest absolute Gasteiger partial charge is 0.123 e. The Morgan fingerprint density at radius 2 is 2.17 bits per heavy atom. The Morgan fingerprint density at radius 1 is 1.33 bits per heavy atom. The van der Waals surface area contributed by atoms with Gasteiger partial charge in [-0.05, 0) is 44.5 Å². The zero-order chi connectivity index (χ0) is 13.0. The van der Waals surface area contributed by atoms with Crippen molar-refractivity contribution in [1.82, 2.24) is 10.3 Å². The summed E-state index contributed by atoms with van der Waals surface area (Å²) in [5, 5.41) is 4.45. The summed E-state index contributed by atoms with van der Waals surface area (Å²) in [6, 6.07) is 6.75. The fourth-order valence-corrected chi connectivity index (χ4v) is 2.64. The third-order valence-electron chi connectivity index (χ3n) is 2.83. The van der Waals surface area contributed by atoms with Gasteiger partial charge in [0.05, 0.1) is 5.69 Å². The molecular weight excluding hydrogens is 247 g/mol. The van der Waals surface area contributed by atoms with Gasteiger partial charge < -0.3 is 5.32 Å². The zero-order valence-corrected chi connectivity index (χ0v) is 11.5. The van der Waals surface area contributed by atoms with Crippen LogP contribution in [0.15, 0.2) is 24.3 Å². The van der Waals surface area contributed by atoms with Gasteiger partial charge in [-0.2, -0.15) is 0 Å². The Morgan fingerprint density at radius 3 is 2.83 bits per heavy atom. The third kappa shape index (κ3) is 3.62. The summed E-state index contributed by atoms with van der Waals surface area (Å²) in [6.45, 7) is 5.74. The predicted octanol–water partition coefficient (Wildman–Crippen LogP) is 3.23. The van der Waals surface area contributed by atoms with Crippen molar-refractivity contribution in [3.05, 3.63) is 51.2 Å². The molecule has 0 aliphatic rings. The second-order valence-electron chi connectivity index (χ2n) is 4.31. The lowest BCUT2D eigenvalue weighted by Gasteiger charge is -2.03. The maximum absolute atomic E-state index is 13.0. The van der Waals surface area contributed by atoms with Crippen molar-refractivity contribution in [2.75, 3.05) is 6.54 Å². The van der Waals surface area contributed by atoms with E-state index < -0.39 is 0 Å². The standard InChI is InChI=1S/C14H17FN2S/c1-10-11(2)18-14(17-10)9-16-7-6-12-4-3-5-13(15)8-12/h3-5,8,16H,6-7,9H2,1-2H3. The van der Waals surface area contributed by atoms with Gasteiger partial charge in [-0.3, -0.25) is 0 Å². The number of aromatic nitrogens is 1. The van der Waals surface area contributed by atoms with Gasteiger partial charge in [-0.15, -0.1) is 11.3 Å². The van der Waals surface area contributed by atoms with Crippen molar-refractivity contribution in [3.8, 4) is 0 Å². The van der Waals surface area contributed by atoms with Gasteiger partial charge in [-0.25, -0.2) is 9.37 Å². The van der Waals surface area contributed by atoms with E-state index in [0.717, 1.165) is 35.8 Å². The Balaban J connectivity index is 1.76. The first kappa shape index (κ1) is 13.2. The van der Waals surface area contributed by atoms with Crippen molar-refractivity contribution >= 4 is 11.3 Å². The van der Waals surface area contributed by atoms with Crippen LogP contribution in [0, 0.1) is 19.7 Å². The first-order chi connectivity index (χ1) is 8.65. The minimum absolute atomic E-state index is 0.168. The first-order valence-electron chi connectivity index (χ1n) is 6.03. The predicted molar refractivity (Wildman–Crippen MR) is 73.4 cm³/mol. The van der Waals surface area contributed by atoms with Gasteiger partial charge in [0.15, 0.2) is 0 Å². The van der Waals surface area contributed by atoms with Crippen LogP contribution >= 0.6 is 11.3 Å². The fourth-order valence-electron chi connectivity index (χ4n) is 1.74. The van der Waals surface area contributed by atoms with E-state index in [1.807, 2.05) is 13.0 Å². The second kappa shape index (κ2) is 6.07. The molecule has 0 aliphatic carbocycles. The molecule has 2 rings (SSSR count). The van der Waals surface area contributed by atoms with Crippen LogP contribution in [0.25, 0.3) is 0 Å². The van der Waals surface area contributed by atoms with E-state index in [0.29, 0.717) is 0 Å². The minimum atomic E-state index is -0.168. The highest BCUT2D eigenvalue weighted by atomic mass is 32.1. The van der Waals surface area contributed by atoms with Crippen LogP contribution in [0.5, 0.6) is 0 Å². The lowest BCUT2D eigenvalue weighted by molar-refractivity contribution is 0.622. The molecule has 0 amide bonds. The van der Waals surface area contributed by atoms with Gasteiger partial charge in [-0.1, -0.05) is 12.1 Å². The van der Waals surface area contributed by atoms with Crippen LogP contribution < -0.4 is 5.32 Å². The molecule has 0 atom stereocenters. The lowest BCUT2D eigenvalue weighted by atomic mass is 10.1. The Hall–Kier alpha value is -1.26. The molecular formula is C14H17FN2S. The van der Waals surface area contributed by atoms with Crippen molar-refractivity contribution < 1.29 is 4.39 Å². The normalized spacial score (nSPS) is 10.8. The molecule has 1 N–H and O–H groups in total. The monoisotopic (exact) mass is 264 g/mol. The molecule has 0 fully saturated rings. The van der Waals surface area contributed by atoms with Gasteiger partial charge in [0, 0.05) is 11.4 Å². The maximum atomic E-state index is 13.0. The Kier molecular flexibility index (Phi) is 4.44. The molecule has 0 radical (unpaired) electrons. The molecule has 18 heavy (non-hydrogen) atoms. The van der Waals surface area contributed by atoms with Crippen LogP contribution in [0.1, 0.15) is 21.1 Å². The van der Waals surface area contributed by atoms with Crippen molar-refractivity contribution in [2.24, 2.45) is 0 Å². The van der Waals surface area contributed by atoms with Crippen molar-refractivity contribution in [2.45, 2.75) is 26.8 Å². The van der Waals surface area contributed by atoms with Gasteiger partial charge >= 0.3 is 0 Å². The highest BCUT2D eigenvalue weighted by Crippen LogP contribution is 2.15. The van der Waals surface area contributed by atoms with E-state index in [9.17, 15) is 4.39 Å². The van der Waals surface area contributed by atoms with E-state index in [-0.39, 0.29) is 5.82 Å². The molecule has 1 aromatic carbocycles. The number of aryl methyl sites for hydroxylation is 2. The van der Waals surface area contributed by atoms with Crippen molar-refractivity contribution in [3.63, 3.8) is 0 Å². The number of nitrogens with one attached hydrogen (secondary N) is 1. The first-order valence-corrected chi connectivity index (χ1v) is 6.85. The molecule has 0 saturated heterocycles. The summed E-state index contributed by atoms with van der Waals surface area (Å²) >= 11 is 1.73. The average molecular weight is 264 g/mol. The van der Waals surface area contributed by atoms with Crippen LogP contribution in [0.2, 0.25) is 0 Å². The SMILES string of the molecule is Cc1nc(CNCCc2cccc(F)c2)sc1C. The van der Waals surface area contributed by atoms with Crippen LogP contribution in [0.3, 0.4) is 0 Å². The largest absolute Gasteiger partial charge is 0.310 e. The van der Waals surface area contributed by atoms with E-state index in [1.54, 1.807) is 23.5 Å². The van der Waals surface area contributed by atoms with Gasteiger partial charge in [0.2, 0.25) is 0 Å². The summed E-state index contributed by atoms with van der Waals surface area (Å²) in [5.41, 5.74) is 2.14. The van der Waals surface area contributed by atoms with E-state index in [2.05, 4.69) is 17.2 Å². The second-order valence-corrected chi connectivity index (χ2v) is 5.59. The molecule has 0 saturated carbocycles. The van der Waals surface area contributed by atoms with Crippen LogP contribution in [-0.4, -0.2) is 11.5 Å². The summed E-state index contributed by atoms with van der Waals surface area (Å²) in [4.78, 5) is 5.74. The number of hydrogen-bond acceptors (Lipinski definition) is 3. The zero-order valence-electron chi connectivity index (χ0n) is 10.7. The molecule has 0 spiro atoms. The lowest BCUT2D eigenvalue weighted by Crippen LogP contribution is -2.16. The number of rotatable bonds is 5. The number of benzene rings is 1. The molecule has 1 heterocycles. The molecule has 0 aliphatic heterocycles. The quantitative estimate of drug-likeness (QED) is 0.839. The Labute approximate surface area is 111 Å². The number of nitrogens with zero attached hydrogens (tertiary/aromatic N) is 1. The highest BCUT2D eigenvalue weighted by molar-refractivity contribution is 7.11. The fraction of sp³-hybridized carbons (Fsp3) is 0.357. The average Bonchev–Trinajstić information content (AvgIpc) is 2.65. The summed E-state index contributed by atoms with van der Waals surface area (Å²) in [5.74, 6) is -0.168. The molecule has 2 nitrogen and oxygen atoms in total. The highest BCUT2D eigenvalue weighted by Gasteiger charge is 2.02. The van der Waals surface area contributed by atoms with Crippen LogP contribution in [-0.2, 0) is 13.0 Å². The molecule has 1 aromatic heterocycles. The Bertz CT molecular complexity index is 503. The van der Waals surface area contributed by atoms with E-state index >= 15 is 0 Å². The van der Waals surface area contributed by atoms with Crippen molar-refractivity contribution in [1.29, 1.82) is 0 Å². The third-order valence-corrected chi connectivity index (χ3v) is 3.90. The van der Waals surface area contributed by atoms with Gasteiger partial charge in [0.25, 0.3) is 0 Å². The van der Waals surface area contributed by atoms with E-state index in [1.165, 1.54) is 10.9 Å². The maximum Gasteiger partial charge on any atom is 0.123 e. The molecule has 0 unspecified atom stereocenters. The van der Waals surface area contributed by atoms with E-state index in [4.69, 9.17) is 0 Å². The van der Waals surface area contributed by atoms with Crippen LogP contribution in [0.4, 0.5) is 4.39 Å². The molecule has 4 heteroatoms. The summed E-state index contributed by atoms with van der Waals surface area (Å²) < 4.78 is 13.0. The minimum Gasteiger partial charge on any atom is -0.310 e. The molecule has 96 valence electrons. The summed E-state index contributed by atoms with van der Waals surface area (Å²) in [6.07, 6.45) is 0.834. The topological polar surface area (TPSA) is 24.9 Å². The van der Waals surface area contributed by atoms with Gasteiger partial charge in [0.1, 0.15) is 10.8 Å².